The summed E-state index contributed by atoms with van der Waals surface area (Å²) in [6.07, 6.45) is 0. The van der Waals surface area contributed by atoms with E-state index in [0.29, 0.717) is 0 Å². The van der Waals surface area contributed by atoms with Crippen LogP contribution < -0.4 is 4.74 Å². The zero-order chi connectivity index (χ0) is 32.3. The highest BCUT2D eigenvalue weighted by atomic mass is 127. The van der Waals surface area contributed by atoms with Crippen molar-refractivity contribution in [3.8, 4) is 11.5 Å². The average molecular weight is 872 g/mol. The quantitative estimate of drug-likeness (QED) is 0.180. The molecule has 4 aromatic carbocycles. The molecule has 6 rings (SSSR count). The molecule has 0 atom stereocenters. The van der Waals surface area contributed by atoms with E-state index in [1.54, 1.807) is 0 Å². The molecule has 0 aliphatic carbocycles. The van der Waals surface area contributed by atoms with E-state index in [2.05, 4.69) is 0 Å². The van der Waals surface area contributed by atoms with Crippen LogP contribution in [0.4, 0.5) is 0 Å². The number of benzene rings is 4. The fourth-order valence-corrected chi connectivity index (χ4v) is 6.77. The first kappa shape index (κ1) is 31.2. The second-order valence-electron chi connectivity index (χ2n) is 9.29. The van der Waals surface area contributed by atoms with Gasteiger partial charge in [-0.25, -0.2) is 0 Å². The first-order valence-corrected chi connectivity index (χ1v) is 17.4. The van der Waals surface area contributed by atoms with Gasteiger partial charge in [0.25, 0.3) is 23.6 Å². The van der Waals surface area contributed by atoms with Gasteiger partial charge in [0.2, 0.25) is 0 Å². The van der Waals surface area contributed by atoms with E-state index in [-0.39, 0.29) is 53.7 Å². The predicted molar refractivity (Wildman–Crippen MR) is 169 cm³/mol. The number of hydroxylamine groups is 4. The number of hydrogen-bond acceptors (Lipinski definition) is 11. The van der Waals surface area contributed by atoms with Gasteiger partial charge in [0, 0.05) is 7.14 Å². The molecule has 4 aromatic rings. The van der Waals surface area contributed by atoms with Crippen molar-refractivity contribution >= 4 is 89.0 Å². The summed E-state index contributed by atoms with van der Waals surface area (Å²) >= 11 is 3.97. The molecule has 0 saturated heterocycles. The molecule has 4 amide bonds. The van der Waals surface area contributed by atoms with Gasteiger partial charge in [-0.3, -0.25) is 19.2 Å². The Morgan fingerprint density at radius 3 is 1.16 bits per heavy atom. The van der Waals surface area contributed by atoms with Crippen molar-refractivity contribution in [1.29, 1.82) is 0 Å². The van der Waals surface area contributed by atoms with Gasteiger partial charge in [-0.2, -0.15) is 16.8 Å². The van der Waals surface area contributed by atoms with Crippen molar-refractivity contribution in [3.63, 3.8) is 0 Å². The van der Waals surface area contributed by atoms with Crippen LogP contribution in [0, 0.1) is 7.14 Å². The Labute approximate surface area is 282 Å². The summed E-state index contributed by atoms with van der Waals surface area (Å²) in [5.74, 6) is -4.07. The topological polar surface area (TPSA) is 171 Å². The smallest absolute Gasteiger partial charge is 0.318 e. The van der Waals surface area contributed by atoms with E-state index in [1.807, 2.05) is 45.2 Å². The van der Waals surface area contributed by atoms with Crippen LogP contribution in [-0.4, -0.2) is 50.6 Å². The van der Waals surface area contributed by atoms with Gasteiger partial charge in [0.15, 0.2) is 0 Å². The Kier molecular flexibility index (Phi) is 8.02. The Morgan fingerprint density at radius 2 is 0.800 bits per heavy atom. The van der Waals surface area contributed by atoms with Gasteiger partial charge in [-0.05, 0) is 130 Å². The first-order valence-electron chi connectivity index (χ1n) is 12.4. The third-order valence-electron chi connectivity index (χ3n) is 6.43. The molecule has 0 radical (unpaired) electrons. The number of halogens is 2. The van der Waals surface area contributed by atoms with Crippen molar-refractivity contribution in [2.24, 2.45) is 0 Å². The molecule has 2 heterocycles. The summed E-state index contributed by atoms with van der Waals surface area (Å²) < 4.78 is 67.7. The lowest BCUT2D eigenvalue weighted by Gasteiger charge is -2.13. The van der Waals surface area contributed by atoms with Crippen molar-refractivity contribution in [2.45, 2.75) is 9.79 Å². The summed E-state index contributed by atoms with van der Waals surface area (Å²) in [5.41, 5.74) is -0.685. The number of ether oxygens (including phenoxy) is 1. The van der Waals surface area contributed by atoms with E-state index in [1.165, 1.54) is 84.9 Å². The van der Waals surface area contributed by atoms with Crippen LogP contribution in [-0.2, 0) is 28.8 Å². The minimum absolute atomic E-state index is 0.0170. The molecular weight excluding hydrogens is 858 g/mol. The number of carbonyl (C=O) groups excluding carboxylic acids is 4. The number of hydrogen-bond donors (Lipinski definition) is 0. The summed E-state index contributed by atoms with van der Waals surface area (Å²) in [6.45, 7) is 0. The average Bonchev–Trinajstić information content (AvgIpc) is 3.36. The van der Waals surface area contributed by atoms with Crippen molar-refractivity contribution in [2.75, 3.05) is 0 Å². The molecule has 0 N–H and O–H groups in total. The lowest BCUT2D eigenvalue weighted by molar-refractivity contribution is -0.0107. The first-order chi connectivity index (χ1) is 21.2. The van der Waals surface area contributed by atoms with Gasteiger partial charge < -0.3 is 4.74 Å². The van der Waals surface area contributed by atoms with Crippen LogP contribution in [0.3, 0.4) is 0 Å². The molecule has 0 saturated carbocycles. The van der Waals surface area contributed by atoms with Gasteiger partial charge in [0.05, 0.1) is 32.0 Å². The summed E-state index contributed by atoms with van der Waals surface area (Å²) in [6, 6.07) is 18.6. The maximum atomic E-state index is 13.0. The molecule has 0 bridgehead atoms. The number of rotatable bonds is 8. The SMILES string of the molecule is O=C1c2ccc(Oc3ccc4c(c3)C(=O)N(OS(=O)(=O)c3ccc(I)cc3)C4=O)cc2C(=O)N1OS(=O)(=O)c1ccc(I)cc1. The van der Waals surface area contributed by atoms with Crippen molar-refractivity contribution < 1.29 is 49.3 Å². The largest absolute Gasteiger partial charge is 0.457 e. The summed E-state index contributed by atoms with van der Waals surface area (Å²) in [4.78, 5) is 51.1. The third-order valence-corrected chi connectivity index (χ3v) is 10.3. The Bertz CT molecular complexity index is 2020. The van der Waals surface area contributed by atoms with Gasteiger partial charge >= 0.3 is 20.2 Å². The molecule has 2 aliphatic rings. The summed E-state index contributed by atoms with van der Waals surface area (Å²) in [7, 11) is -9.03. The molecule has 0 unspecified atom stereocenters. The summed E-state index contributed by atoms with van der Waals surface area (Å²) in [5, 5.41) is 0.278. The van der Waals surface area contributed by atoms with Crippen LogP contribution in [0.2, 0.25) is 0 Å². The highest BCUT2D eigenvalue weighted by Crippen LogP contribution is 2.34. The van der Waals surface area contributed by atoms with E-state index in [4.69, 9.17) is 13.3 Å². The zero-order valence-electron chi connectivity index (χ0n) is 22.0. The predicted octanol–water partition coefficient (Wildman–Crippen LogP) is 4.52. The number of nitrogens with zero attached hydrogens (tertiary/aromatic N) is 2. The molecule has 0 spiro atoms. The van der Waals surface area contributed by atoms with Crippen LogP contribution in [0.15, 0.2) is 94.7 Å². The minimum atomic E-state index is -4.51. The maximum absolute atomic E-state index is 13.0. The molecular formula is C28H14I2N2O11S2. The van der Waals surface area contributed by atoms with Gasteiger partial charge in [-0.1, -0.05) is 0 Å². The molecule has 13 nitrogen and oxygen atoms in total. The van der Waals surface area contributed by atoms with Crippen LogP contribution in [0.5, 0.6) is 11.5 Å². The van der Waals surface area contributed by atoms with E-state index in [0.717, 1.165) is 7.14 Å². The Balaban J connectivity index is 1.20. The minimum Gasteiger partial charge on any atom is -0.457 e. The highest BCUT2D eigenvalue weighted by Gasteiger charge is 2.42. The lowest BCUT2D eigenvalue weighted by atomic mass is 10.1. The van der Waals surface area contributed by atoms with Crippen LogP contribution in [0.25, 0.3) is 0 Å². The Hall–Kier alpha value is -3.76. The number of imide groups is 2. The van der Waals surface area contributed by atoms with Gasteiger partial charge in [-0.15, -0.1) is 18.7 Å². The third kappa shape index (κ3) is 5.86. The lowest BCUT2D eigenvalue weighted by Crippen LogP contribution is -2.32. The number of amides is 4. The van der Waals surface area contributed by atoms with E-state index in [9.17, 15) is 36.0 Å². The van der Waals surface area contributed by atoms with E-state index >= 15 is 0 Å². The van der Waals surface area contributed by atoms with E-state index < -0.39 is 43.9 Å². The molecule has 228 valence electrons. The highest BCUT2D eigenvalue weighted by molar-refractivity contribution is 14.1. The van der Waals surface area contributed by atoms with Gasteiger partial charge in [0.1, 0.15) is 11.5 Å². The standard InChI is InChI=1S/C28H14I2N2O11S2/c29-15-1-7-19(8-2-15)44(37,38)42-31-25(33)21-11-5-17(13-23(21)27(31)35)41-18-6-12-22-24(14-18)28(36)32(26(22)34)43-45(39,40)20-9-3-16(30)4-10-20/h1-14H. The number of fused-ring (bicyclic) bond motifs is 2. The van der Waals surface area contributed by atoms with Crippen LogP contribution >= 0.6 is 45.2 Å². The number of carbonyl (C=O) groups is 4. The van der Waals surface area contributed by atoms with Crippen molar-refractivity contribution in [1.82, 2.24) is 10.1 Å². The fourth-order valence-electron chi connectivity index (χ4n) is 4.28. The molecule has 45 heavy (non-hydrogen) atoms. The zero-order valence-corrected chi connectivity index (χ0v) is 28.0. The second kappa shape index (κ2) is 11.6. The molecule has 2 aliphatic heterocycles. The molecule has 0 fully saturated rings. The fraction of sp³-hybridized carbons (Fsp3) is 0. The second-order valence-corrected chi connectivity index (χ2v) is 14.8. The Morgan fingerprint density at radius 1 is 0.467 bits per heavy atom. The normalized spacial score (nSPS) is 14.6. The maximum Gasteiger partial charge on any atom is 0.318 e. The van der Waals surface area contributed by atoms with Crippen molar-refractivity contribution in [3.05, 3.63) is 114 Å². The molecule has 0 aromatic heterocycles. The molecule has 17 heteroatoms. The van der Waals surface area contributed by atoms with Crippen LogP contribution in [0.1, 0.15) is 41.4 Å². The monoisotopic (exact) mass is 872 g/mol.